The Balaban J connectivity index is 0.00000441. The maximum Gasteiger partial charge on any atom is 0.190 e. The molecule has 0 aliphatic rings. The van der Waals surface area contributed by atoms with E-state index in [1.165, 1.54) is 0 Å². The van der Waals surface area contributed by atoms with Gasteiger partial charge in [0.05, 0.1) is 7.11 Å². The lowest BCUT2D eigenvalue weighted by Gasteiger charge is -2.12. The summed E-state index contributed by atoms with van der Waals surface area (Å²) >= 11 is 8.08. The number of rotatable bonds is 8. The van der Waals surface area contributed by atoms with Crippen molar-refractivity contribution in [1.82, 2.24) is 10.6 Å². The molecule has 0 spiro atoms. The van der Waals surface area contributed by atoms with E-state index in [1.54, 1.807) is 14.2 Å². The van der Waals surface area contributed by atoms with Crippen LogP contribution >= 0.6 is 47.3 Å². The Morgan fingerprint density at radius 1 is 1.32 bits per heavy atom. The van der Waals surface area contributed by atoms with Crippen LogP contribution in [-0.2, 0) is 6.42 Å². The normalized spacial score (nSPS) is 10.8. The topological polar surface area (TPSA) is 45.7 Å². The van der Waals surface area contributed by atoms with E-state index in [0.29, 0.717) is 0 Å². The molecule has 0 unspecified atom stereocenters. The molecule has 2 N–H and O–H groups in total. The molecule has 22 heavy (non-hydrogen) atoms. The van der Waals surface area contributed by atoms with E-state index in [0.717, 1.165) is 54.0 Å². The van der Waals surface area contributed by atoms with E-state index < -0.39 is 0 Å². The van der Waals surface area contributed by atoms with Crippen LogP contribution in [0.25, 0.3) is 0 Å². The van der Waals surface area contributed by atoms with Crippen LogP contribution in [0.1, 0.15) is 12.0 Å². The van der Waals surface area contributed by atoms with Gasteiger partial charge in [-0.05, 0) is 42.5 Å². The lowest BCUT2D eigenvalue weighted by atomic mass is 10.1. The number of hydrogen-bond acceptors (Lipinski definition) is 3. The first-order valence-corrected chi connectivity index (χ1v) is 8.74. The van der Waals surface area contributed by atoms with Gasteiger partial charge in [0.15, 0.2) is 5.96 Å². The molecule has 0 atom stereocenters. The molecule has 126 valence electrons. The summed E-state index contributed by atoms with van der Waals surface area (Å²) in [5.74, 6) is 2.77. The standard InChI is InChI=1S/C15H24ClN3OS.HI/c1-17-15(18-8-4-10-21-3)19-9-7-12-5-6-13(20-2)11-14(12)16;/h5-6,11H,4,7-10H2,1-3H3,(H2,17,18,19);1H. The van der Waals surface area contributed by atoms with Crippen molar-refractivity contribution >= 4 is 53.3 Å². The van der Waals surface area contributed by atoms with Gasteiger partial charge in [-0.3, -0.25) is 4.99 Å². The first-order valence-electron chi connectivity index (χ1n) is 6.97. The molecule has 7 heteroatoms. The number of benzene rings is 1. The fraction of sp³-hybridized carbons (Fsp3) is 0.533. The second-order valence-electron chi connectivity index (χ2n) is 4.48. The third-order valence-electron chi connectivity index (χ3n) is 2.99. The molecule has 0 fully saturated rings. The average molecular weight is 458 g/mol. The molecule has 1 aromatic carbocycles. The number of nitrogens with one attached hydrogen (secondary N) is 2. The minimum Gasteiger partial charge on any atom is -0.497 e. The van der Waals surface area contributed by atoms with Gasteiger partial charge in [0.2, 0.25) is 0 Å². The van der Waals surface area contributed by atoms with Crippen LogP contribution in [0, 0.1) is 0 Å². The van der Waals surface area contributed by atoms with Gasteiger partial charge in [-0.2, -0.15) is 11.8 Å². The zero-order valence-electron chi connectivity index (χ0n) is 13.3. The van der Waals surface area contributed by atoms with Crippen LogP contribution < -0.4 is 15.4 Å². The summed E-state index contributed by atoms with van der Waals surface area (Å²) in [5, 5.41) is 7.32. The molecule has 0 saturated heterocycles. The van der Waals surface area contributed by atoms with Gasteiger partial charge < -0.3 is 15.4 Å². The first-order chi connectivity index (χ1) is 10.2. The summed E-state index contributed by atoms with van der Waals surface area (Å²) in [6.45, 7) is 1.72. The molecule has 0 aliphatic heterocycles. The molecule has 1 rings (SSSR count). The number of thioether (sulfide) groups is 1. The second kappa shape index (κ2) is 13.1. The largest absolute Gasteiger partial charge is 0.497 e. The molecule has 0 saturated carbocycles. The molecule has 4 nitrogen and oxygen atoms in total. The maximum absolute atomic E-state index is 6.22. The summed E-state index contributed by atoms with van der Waals surface area (Å²) in [4.78, 5) is 4.20. The lowest BCUT2D eigenvalue weighted by Crippen LogP contribution is -2.38. The molecule has 0 bridgehead atoms. The van der Waals surface area contributed by atoms with Gasteiger partial charge in [0, 0.05) is 25.2 Å². The fourth-order valence-corrected chi connectivity index (χ4v) is 2.52. The van der Waals surface area contributed by atoms with Gasteiger partial charge in [-0.15, -0.1) is 24.0 Å². The quantitative estimate of drug-likeness (QED) is 0.272. The number of hydrogen-bond donors (Lipinski definition) is 2. The number of ether oxygens (including phenoxy) is 1. The van der Waals surface area contributed by atoms with Crippen LogP contribution in [0.4, 0.5) is 0 Å². The summed E-state index contributed by atoms with van der Waals surface area (Å²) < 4.78 is 5.14. The summed E-state index contributed by atoms with van der Waals surface area (Å²) in [6.07, 6.45) is 4.09. The Kier molecular flexibility index (Phi) is 12.9. The Bertz CT molecular complexity index is 460. The number of nitrogens with zero attached hydrogens (tertiary/aromatic N) is 1. The Hall–Kier alpha value is -0.340. The van der Waals surface area contributed by atoms with Crippen molar-refractivity contribution in [2.75, 3.05) is 39.3 Å². The van der Waals surface area contributed by atoms with Gasteiger partial charge >= 0.3 is 0 Å². The van der Waals surface area contributed by atoms with Crippen LogP contribution in [0.15, 0.2) is 23.2 Å². The molecule has 0 heterocycles. The fourth-order valence-electron chi connectivity index (χ4n) is 1.82. The minimum absolute atomic E-state index is 0. The van der Waals surface area contributed by atoms with Crippen molar-refractivity contribution in [3.63, 3.8) is 0 Å². The highest BCUT2D eigenvalue weighted by molar-refractivity contribution is 14.0. The van der Waals surface area contributed by atoms with Crippen LogP contribution in [0.2, 0.25) is 5.02 Å². The summed E-state index contributed by atoms with van der Waals surface area (Å²) in [6, 6.07) is 5.76. The van der Waals surface area contributed by atoms with Crippen molar-refractivity contribution in [3.05, 3.63) is 28.8 Å². The molecule has 1 aromatic rings. The summed E-state index contributed by atoms with van der Waals surface area (Å²) in [7, 11) is 3.42. The number of methoxy groups -OCH3 is 1. The van der Waals surface area contributed by atoms with E-state index in [2.05, 4.69) is 21.9 Å². The van der Waals surface area contributed by atoms with E-state index in [4.69, 9.17) is 16.3 Å². The zero-order valence-corrected chi connectivity index (χ0v) is 17.2. The predicted octanol–water partition coefficient (Wildman–Crippen LogP) is 3.43. The number of guanidine groups is 1. The maximum atomic E-state index is 6.22. The van der Waals surface area contributed by atoms with Crippen molar-refractivity contribution in [2.45, 2.75) is 12.8 Å². The van der Waals surface area contributed by atoms with Crippen LogP contribution in [0.5, 0.6) is 5.75 Å². The number of aliphatic imine (C=N–C) groups is 1. The van der Waals surface area contributed by atoms with Gasteiger partial charge in [-0.25, -0.2) is 0 Å². The third-order valence-corrected chi connectivity index (χ3v) is 4.04. The van der Waals surface area contributed by atoms with Gasteiger partial charge in [0.25, 0.3) is 0 Å². The van der Waals surface area contributed by atoms with E-state index in [9.17, 15) is 0 Å². The molecule has 0 radical (unpaired) electrons. The van der Waals surface area contributed by atoms with E-state index in [-0.39, 0.29) is 24.0 Å². The number of halogens is 2. The highest BCUT2D eigenvalue weighted by Gasteiger charge is 2.03. The van der Waals surface area contributed by atoms with E-state index >= 15 is 0 Å². The molecule has 0 amide bonds. The second-order valence-corrected chi connectivity index (χ2v) is 5.87. The smallest absolute Gasteiger partial charge is 0.190 e. The molecular formula is C15H25ClIN3OS. The third kappa shape index (κ3) is 8.33. The van der Waals surface area contributed by atoms with Crippen LogP contribution in [-0.4, -0.2) is 45.2 Å². The Morgan fingerprint density at radius 2 is 2.05 bits per heavy atom. The van der Waals surface area contributed by atoms with Crippen molar-refractivity contribution in [1.29, 1.82) is 0 Å². The van der Waals surface area contributed by atoms with Crippen molar-refractivity contribution in [3.8, 4) is 5.75 Å². The summed E-state index contributed by atoms with van der Waals surface area (Å²) in [5.41, 5.74) is 1.10. The van der Waals surface area contributed by atoms with Gasteiger partial charge in [0.1, 0.15) is 5.75 Å². The van der Waals surface area contributed by atoms with E-state index in [1.807, 2.05) is 30.0 Å². The van der Waals surface area contributed by atoms with Gasteiger partial charge in [-0.1, -0.05) is 17.7 Å². The molecular weight excluding hydrogens is 433 g/mol. The highest BCUT2D eigenvalue weighted by Crippen LogP contribution is 2.22. The molecule has 0 aliphatic carbocycles. The van der Waals surface area contributed by atoms with Crippen molar-refractivity contribution in [2.24, 2.45) is 4.99 Å². The predicted molar refractivity (Wildman–Crippen MR) is 109 cm³/mol. The SMILES string of the molecule is CN=C(NCCCSC)NCCc1ccc(OC)cc1Cl.I. The minimum atomic E-state index is 0. The Labute approximate surface area is 159 Å². The monoisotopic (exact) mass is 457 g/mol. The van der Waals surface area contributed by atoms with Crippen molar-refractivity contribution < 1.29 is 4.74 Å². The lowest BCUT2D eigenvalue weighted by molar-refractivity contribution is 0.414. The first kappa shape index (κ1) is 21.7. The zero-order chi connectivity index (χ0) is 15.5. The highest BCUT2D eigenvalue weighted by atomic mass is 127. The Morgan fingerprint density at radius 3 is 2.64 bits per heavy atom. The van der Waals surface area contributed by atoms with Crippen LogP contribution in [0.3, 0.4) is 0 Å². The molecule has 0 aromatic heterocycles. The average Bonchev–Trinajstić information content (AvgIpc) is 2.51.